The van der Waals surface area contributed by atoms with Crippen molar-refractivity contribution in [2.24, 2.45) is 0 Å². The van der Waals surface area contributed by atoms with Gasteiger partial charge in [-0.25, -0.2) is 0 Å². The van der Waals surface area contributed by atoms with Crippen molar-refractivity contribution in [2.75, 3.05) is 24.6 Å². The zero-order valence-corrected chi connectivity index (χ0v) is 11.6. The van der Waals surface area contributed by atoms with Crippen molar-refractivity contribution in [3.8, 4) is 0 Å². The Bertz CT molecular complexity index is 405. The molecule has 0 radical (unpaired) electrons. The molecule has 18 heavy (non-hydrogen) atoms. The molecule has 2 atom stereocenters. The van der Waals surface area contributed by atoms with Crippen LogP contribution in [0.2, 0.25) is 0 Å². The maximum atomic E-state index is 9.07. The zero-order valence-electron chi connectivity index (χ0n) is 11.6. The maximum Gasteiger partial charge on any atom is 0.0446 e. The fourth-order valence-electron chi connectivity index (χ4n) is 2.74. The van der Waals surface area contributed by atoms with Gasteiger partial charge in [0.15, 0.2) is 0 Å². The summed E-state index contributed by atoms with van der Waals surface area (Å²) in [4.78, 5) is 2.46. The minimum absolute atomic E-state index is 0.257. The molecule has 3 nitrogen and oxygen atoms in total. The Kier molecular flexibility index (Phi) is 4.25. The van der Waals surface area contributed by atoms with E-state index in [2.05, 4.69) is 49.2 Å². The van der Waals surface area contributed by atoms with Crippen LogP contribution in [0, 0.1) is 13.8 Å². The number of anilines is 1. The highest BCUT2D eigenvalue weighted by atomic mass is 16.3. The number of hydrogen-bond acceptors (Lipinski definition) is 3. The topological polar surface area (TPSA) is 35.5 Å². The molecule has 0 saturated carbocycles. The summed E-state index contributed by atoms with van der Waals surface area (Å²) in [6.07, 6.45) is 0.828. The van der Waals surface area contributed by atoms with Crippen molar-refractivity contribution in [3.63, 3.8) is 0 Å². The lowest BCUT2D eigenvalue weighted by atomic mass is 10.0. The highest BCUT2D eigenvalue weighted by Gasteiger charge is 2.25. The molecule has 1 saturated heterocycles. The molecule has 1 fully saturated rings. The van der Waals surface area contributed by atoms with Crippen molar-refractivity contribution in [1.82, 2.24) is 5.32 Å². The molecule has 2 rings (SSSR count). The average Bonchev–Trinajstić information content (AvgIpc) is 2.33. The van der Waals surface area contributed by atoms with Crippen molar-refractivity contribution in [1.29, 1.82) is 0 Å². The Labute approximate surface area is 110 Å². The summed E-state index contributed by atoms with van der Waals surface area (Å²) >= 11 is 0. The van der Waals surface area contributed by atoms with E-state index >= 15 is 0 Å². The lowest BCUT2D eigenvalue weighted by Gasteiger charge is -2.41. The normalized spacial score (nSPS) is 24.3. The van der Waals surface area contributed by atoms with Gasteiger partial charge in [-0.2, -0.15) is 0 Å². The second-order valence-corrected chi connectivity index (χ2v) is 5.41. The number of aryl methyl sites for hydroxylation is 2. The molecule has 2 N–H and O–H groups in total. The van der Waals surface area contributed by atoms with Gasteiger partial charge in [-0.05, 0) is 38.8 Å². The Morgan fingerprint density at radius 3 is 2.83 bits per heavy atom. The molecule has 100 valence electrons. The van der Waals surface area contributed by atoms with Crippen LogP contribution in [0.15, 0.2) is 18.2 Å². The minimum atomic E-state index is 0.257. The predicted molar refractivity (Wildman–Crippen MR) is 76.2 cm³/mol. The van der Waals surface area contributed by atoms with Crippen molar-refractivity contribution in [2.45, 2.75) is 39.3 Å². The third-order valence-corrected chi connectivity index (χ3v) is 3.79. The minimum Gasteiger partial charge on any atom is -0.396 e. The molecule has 1 aromatic rings. The first-order valence-corrected chi connectivity index (χ1v) is 6.80. The van der Waals surface area contributed by atoms with E-state index in [-0.39, 0.29) is 6.61 Å². The van der Waals surface area contributed by atoms with Gasteiger partial charge in [0.25, 0.3) is 0 Å². The maximum absolute atomic E-state index is 9.07. The number of piperazine rings is 1. The van der Waals surface area contributed by atoms with Crippen molar-refractivity contribution < 1.29 is 5.11 Å². The van der Waals surface area contributed by atoms with E-state index in [9.17, 15) is 0 Å². The summed E-state index contributed by atoms with van der Waals surface area (Å²) < 4.78 is 0. The van der Waals surface area contributed by atoms with Gasteiger partial charge < -0.3 is 15.3 Å². The Morgan fingerprint density at radius 2 is 2.17 bits per heavy atom. The quantitative estimate of drug-likeness (QED) is 0.857. The van der Waals surface area contributed by atoms with Crippen molar-refractivity contribution in [3.05, 3.63) is 29.3 Å². The Balaban J connectivity index is 2.18. The molecule has 1 aliphatic heterocycles. The van der Waals surface area contributed by atoms with Crippen LogP contribution in [0.1, 0.15) is 24.5 Å². The Hall–Kier alpha value is -1.06. The summed E-state index contributed by atoms with van der Waals surface area (Å²) in [5.74, 6) is 0. The number of aliphatic hydroxyl groups is 1. The van der Waals surface area contributed by atoms with E-state index in [1.807, 2.05) is 0 Å². The van der Waals surface area contributed by atoms with Crippen LogP contribution in [-0.2, 0) is 0 Å². The molecule has 1 aromatic carbocycles. The van der Waals surface area contributed by atoms with E-state index in [1.165, 1.54) is 16.8 Å². The molecule has 1 heterocycles. The van der Waals surface area contributed by atoms with E-state index in [1.54, 1.807) is 0 Å². The molecule has 0 aliphatic carbocycles. The zero-order chi connectivity index (χ0) is 13.1. The van der Waals surface area contributed by atoms with Crippen LogP contribution in [0.4, 0.5) is 5.69 Å². The second kappa shape index (κ2) is 5.72. The molecule has 2 unspecified atom stereocenters. The number of hydrogen-bond donors (Lipinski definition) is 2. The average molecular weight is 248 g/mol. The number of nitrogens with zero attached hydrogens (tertiary/aromatic N) is 1. The SMILES string of the molecule is Cc1ccc(N2CC(CCO)NCC2C)c(C)c1. The molecule has 3 heteroatoms. The molecular formula is C15H24N2O. The van der Waals surface area contributed by atoms with Crippen LogP contribution < -0.4 is 10.2 Å². The third-order valence-electron chi connectivity index (χ3n) is 3.79. The van der Waals surface area contributed by atoms with E-state index in [0.29, 0.717) is 12.1 Å². The van der Waals surface area contributed by atoms with E-state index in [0.717, 1.165) is 19.5 Å². The predicted octanol–water partition coefficient (Wildman–Crippen LogP) is 1.85. The number of nitrogens with one attached hydrogen (secondary N) is 1. The third kappa shape index (κ3) is 2.85. The molecule has 0 amide bonds. The molecule has 1 aliphatic rings. The molecule has 0 spiro atoms. The largest absolute Gasteiger partial charge is 0.396 e. The number of benzene rings is 1. The van der Waals surface area contributed by atoms with Gasteiger partial charge in [0.05, 0.1) is 0 Å². The van der Waals surface area contributed by atoms with Crippen LogP contribution in [0.3, 0.4) is 0 Å². The first-order chi connectivity index (χ1) is 8.61. The van der Waals surface area contributed by atoms with Gasteiger partial charge >= 0.3 is 0 Å². The first-order valence-electron chi connectivity index (χ1n) is 6.80. The van der Waals surface area contributed by atoms with Gasteiger partial charge in [-0.1, -0.05) is 17.7 Å². The van der Waals surface area contributed by atoms with Gasteiger partial charge in [0.2, 0.25) is 0 Å². The van der Waals surface area contributed by atoms with Gasteiger partial charge in [0, 0.05) is 37.5 Å². The first kappa shape index (κ1) is 13.4. The molecule has 0 aromatic heterocycles. The summed E-state index contributed by atoms with van der Waals surface area (Å²) in [5.41, 5.74) is 3.98. The van der Waals surface area contributed by atoms with Crippen LogP contribution in [-0.4, -0.2) is 36.9 Å². The molecular weight excluding hydrogens is 224 g/mol. The molecule has 0 bridgehead atoms. The van der Waals surface area contributed by atoms with E-state index < -0.39 is 0 Å². The van der Waals surface area contributed by atoms with Gasteiger partial charge in [-0.15, -0.1) is 0 Å². The smallest absolute Gasteiger partial charge is 0.0446 e. The highest BCUT2D eigenvalue weighted by Crippen LogP contribution is 2.25. The monoisotopic (exact) mass is 248 g/mol. The summed E-state index contributed by atoms with van der Waals surface area (Å²) in [7, 11) is 0. The lowest BCUT2D eigenvalue weighted by molar-refractivity contribution is 0.254. The number of rotatable bonds is 3. The van der Waals surface area contributed by atoms with Crippen LogP contribution >= 0.6 is 0 Å². The highest BCUT2D eigenvalue weighted by molar-refractivity contribution is 5.55. The van der Waals surface area contributed by atoms with Crippen LogP contribution in [0.5, 0.6) is 0 Å². The fraction of sp³-hybridized carbons (Fsp3) is 0.600. The number of aliphatic hydroxyl groups excluding tert-OH is 1. The van der Waals surface area contributed by atoms with Gasteiger partial charge in [-0.3, -0.25) is 0 Å². The lowest BCUT2D eigenvalue weighted by Crippen LogP contribution is -2.56. The fourth-order valence-corrected chi connectivity index (χ4v) is 2.74. The van der Waals surface area contributed by atoms with E-state index in [4.69, 9.17) is 5.11 Å². The van der Waals surface area contributed by atoms with Crippen molar-refractivity contribution >= 4 is 5.69 Å². The summed E-state index contributed by atoms with van der Waals surface area (Å²) in [6, 6.07) is 7.54. The summed E-state index contributed by atoms with van der Waals surface area (Å²) in [5, 5.41) is 12.6. The standard InChI is InChI=1S/C15H24N2O/c1-11-4-5-15(12(2)8-11)17-10-14(6-7-18)16-9-13(17)3/h4-5,8,13-14,16,18H,6-7,9-10H2,1-3H3. The van der Waals surface area contributed by atoms with Crippen LogP contribution in [0.25, 0.3) is 0 Å². The van der Waals surface area contributed by atoms with Gasteiger partial charge in [0.1, 0.15) is 0 Å². The Morgan fingerprint density at radius 1 is 1.39 bits per heavy atom. The second-order valence-electron chi connectivity index (χ2n) is 5.41. The summed E-state index contributed by atoms with van der Waals surface area (Å²) in [6.45, 7) is 8.78.